The van der Waals surface area contributed by atoms with Crippen molar-refractivity contribution in [1.29, 1.82) is 0 Å². The zero-order valence-corrected chi connectivity index (χ0v) is 13.9. The molecule has 0 amide bonds. The van der Waals surface area contributed by atoms with Gasteiger partial charge in [-0.1, -0.05) is 26.8 Å². The molecule has 118 valence electrons. The topological polar surface area (TPSA) is 72.2 Å². The molecule has 3 unspecified atom stereocenters. The molecule has 2 rings (SSSR count). The van der Waals surface area contributed by atoms with Gasteiger partial charge in [-0.15, -0.1) is 0 Å². The highest BCUT2D eigenvalue weighted by atomic mass is 32.2. The molecular weight excluding hydrogens is 284 g/mol. The molecular formula is C16H26N2O2S. The van der Waals surface area contributed by atoms with E-state index in [-0.39, 0.29) is 6.04 Å². The monoisotopic (exact) mass is 310 g/mol. The largest absolute Gasteiger partial charge is 0.399 e. The number of benzene rings is 1. The smallest absolute Gasteiger partial charge is 0.241 e. The first kappa shape index (κ1) is 16.3. The van der Waals surface area contributed by atoms with Gasteiger partial charge in [0, 0.05) is 11.7 Å². The van der Waals surface area contributed by atoms with Crippen LogP contribution in [0.25, 0.3) is 0 Å². The molecule has 4 nitrogen and oxygen atoms in total. The number of nitrogens with one attached hydrogen (secondary N) is 1. The fraction of sp³-hybridized carbons (Fsp3) is 0.625. The third-order valence-electron chi connectivity index (χ3n) is 4.68. The Bertz CT molecular complexity index is 598. The average Bonchev–Trinajstić information content (AvgIpc) is 2.42. The lowest BCUT2D eigenvalue weighted by atomic mass is 9.79. The van der Waals surface area contributed by atoms with Crippen molar-refractivity contribution in [3.8, 4) is 0 Å². The fourth-order valence-corrected chi connectivity index (χ4v) is 4.68. The lowest BCUT2D eigenvalue weighted by Crippen LogP contribution is -2.40. The number of rotatable bonds is 4. The molecule has 0 saturated heterocycles. The minimum absolute atomic E-state index is 0.0346. The van der Waals surface area contributed by atoms with Crippen LogP contribution in [0.5, 0.6) is 0 Å². The maximum absolute atomic E-state index is 12.7. The van der Waals surface area contributed by atoms with E-state index < -0.39 is 10.0 Å². The molecule has 1 aromatic carbocycles. The molecule has 1 saturated carbocycles. The van der Waals surface area contributed by atoms with Gasteiger partial charge in [-0.05, 0) is 55.2 Å². The Morgan fingerprint density at radius 2 is 1.95 bits per heavy atom. The summed E-state index contributed by atoms with van der Waals surface area (Å²) in [6.07, 6.45) is 3.57. The standard InChI is InChI=1S/C16H26N2O2S/c1-4-13-6-7-14(17)10-16(13)21(19,20)18-15-8-5-11(2)12(3)9-15/h6-7,10-12,15,18H,4-5,8-9,17H2,1-3H3. The molecule has 21 heavy (non-hydrogen) atoms. The molecule has 1 aromatic rings. The molecule has 0 radical (unpaired) electrons. The van der Waals surface area contributed by atoms with Crippen LogP contribution < -0.4 is 10.5 Å². The van der Waals surface area contributed by atoms with Crippen molar-refractivity contribution >= 4 is 15.7 Å². The Balaban J connectivity index is 2.21. The van der Waals surface area contributed by atoms with Gasteiger partial charge in [0.25, 0.3) is 0 Å². The number of nitrogens with two attached hydrogens (primary N) is 1. The van der Waals surface area contributed by atoms with Crippen LogP contribution in [-0.2, 0) is 16.4 Å². The molecule has 1 aliphatic rings. The highest BCUT2D eigenvalue weighted by Gasteiger charge is 2.29. The molecule has 5 heteroatoms. The van der Waals surface area contributed by atoms with Crippen LogP contribution in [0.3, 0.4) is 0 Å². The maximum atomic E-state index is 12.7. The van der Waals surface area contributed by atoms with E-state index in [0.717, 1.165) is 24.8 Å². The van der Waals surface area contributed by atoms with Crippen molar-refractivity contribution in [3.63, 3.8) is 0 Å². The van der Waals surface area contributed by atoms with E-state index >= 15 is 0 Å². The van der Waals surface area contributed by atoms with Gasteiger partial charge in [-0.3, -0.25) is 0 Å². The van der Waals surface area contributed by atoms with Gasteiger partial charge in [0.1, 0.15) is 0 Å². The summed E-state index contributed by atoms with van der Waals surface area (Å²) in [4.78, 5) is 0.330. The molecule has 0 heterocycles. The zero-order chi connectivity index (χ0) is 15.6. The third-order valence-corrected chi connectivity index (χ3v) is 6.28. The van der Waals surface area contributed by atoms with Crippen LogP contribution in [0.15, 0.2) is 23.1 Å². The zero-order valence-electron chi connectivity index (χ0n) is 13.1. The van der Waals surface area contributed by atoms with E-state index in [1.54, 1.807) is 18.2 Å². The first-order chi connectivity index (χ1) is 9.83. The van der Waals surface area contributed by atoms with E-state index in [2.05, 4.69) is 18.6 Å². The lowest BCUT2D eigenvalue weighted by Gasteiger charge is -2.32. The van der Waals surface area contributed by atoms with Gasteiger partial charge in [-0.2, -0.15) is 0 Å². The van der Waals surface area contributed by atoms with Gasteiger partial charge in [-0.25, -0.2) is 13.1 Å². The Morgan fingerprint density at radius 1 is 1.24 bits per heavy atom. The summed E-state index contributed by atoms with van der Waals surface area (Å²) in [7, 11) is -3.50. The van der Waals surface area contributed by atoms with Gasteiger partial charge in [0.2, 0.25) is 10.0 Å². The second-order valence-electron chi connectivity index (χ2n) is 6.31. The van der Waals surface area contributed by atoms with E-state index in [9.17, 15) is 8.42 Å². The van der Waals surface area contributed by atoms with Crippen molar-refractivity contribution in [3.05, 3.63) is 23.8 Å². The molecule has 0 spiro atoms. The van der Waals surface area contributed by atoms with Crippen LogP contribution in [-0.4, -0.2) is 14.5 Å². The van der Waals surface area contributed by atoms with E-state index in [1.807, 2.05) is 6.92 Å². The molecule has 0 aromatic heterocycles. The number of aryl methyl sites for hydroxylation is 1. The fourth-order valence-electron chi connectivity index (χ4n) is 3.05. The van der Waals surface area contributed by atoms with Crippen LogP contribution in [0.1, 0.15) is 45.6 Å². The Morgan fingerprint density at radius 3 is 2.57 bits per heavy atom. The molecule has 1 aliphatic carbocycles. The van der Waals surface area contributed by atoms with Gasteiger partial charge in [0.15, 0.2) is 0 Å². The predicted molar refractivity (Wildman–Crippen MR) is 86.5 cm³/mol. The quantitative estimate of drug-likeness (QED) is 0.840. The van der Waals surface area contributed by atoms with Crippen LogP contribution in [0.4, 0.5) is 5.69 Å². The number of anilines is 1. The van der Waals surface area contributed by atoms with E-state index in [1.165, 1.54) is 0 Å². The minimum Gasteiger partial charge on any atom is -0.399 e. The van der Waals surface area contributed by atoms with Gasteiger partial charge in [0.05, 0.1) is 4.90 Å². The van der Waals surface area contributed by atoms with Crippen LogP contribution >= 0.6 is 0 Å². The highest BCUT2D eigenvalue weighted by Crippen LogP contribution is 2.30. The summed E-state index contributed by atoms with van der Waals surface area (Å²) in [6, 6.07) is 5.15. The minimum atomic E-state index is -3.50. The second kappa shape index (κ2) is 6.36. The second-order valence-corrected chi connectivity index (χ2v) is 7.99. The van der Waals surface area contributed by atoms with Gasteiger partial charge < -0.3 is 5.73 Å². The first-order valence-corrected chi connectivity index (χ1v) is 9.22. The summed E-state index contributed by atoms with van der Waals surface area (Å²) < 4.78 is 28.2. The Labute approximate surface area is 128 Å². The summed E-state index contributed by atoms with van der Waals surface area (Å²) in [5, 5.41) is 0. The molecule has 1 fully saturated rings. The Kier molecular flexibility index (Phi) is 4.94. The predicted octanol–water partition coefficient (Wildman–Crippen LogP) is 2.93. The van der Waals surface area contributed by atoms with Crippen molar-refractivity contribution in [2.75, 3.05) is 5.73 Å². The first-order valence-electron chi connectivity index (χ1n) is 7.74. The number of nitrogen functional groups attached to an aromatic ring is 1. The maximum Gasteiger partial charge on any atom is 0.241 e. The van der Waals surface area contributed by atoms with Crippen molar-refractivity contribution in [2.24, 2.45) is 11.8 Å². The number of hydrogen-bond donors (Lipinski definition) is 2. The number of hydrogen-bond acceptors (Lipinski definition) is 3. The normalized spacial score (nSPS) is 26.7. The number of sulfonamides is 1. The molecule has 0 bridgehead atoms. The molecule has 0 aliphatic heterocycles. The van der Waals surface area contributed by atoms with Crippen molar-refractivity contribution < 1.29 is 8.42 Å². The average molecular weight is 310 g/mol. The van der Waals surface area contributed by atoms with Crippen LogP contribution in [0, 0.1) is 11.8 Å². The third kappa shape index (κ3) is 3.77. The van der Waals surface area contributed by atoms with Crippen molar-refractivity contribution in [1.82, 2.24) is 4.72 Å². The van der Waals surface area contributed by atoms with Gasteiger partial charge >= 0.3 is 0 Å². The summed E-state index contributed by atoms with van der Waals surface area (Å²) >= 11 is 0. The van der Waals surface area contributed by atoms with Crippen molar-refractivity contribution in [2.45, 2.75) is 57.4 Å². The summed E-state index contributed by atoms with van der Waals surface area (Å²) in [6.45, 7) is 6.39. The summed E-state index contributed by atoms with van der Waals surface area (Å²) in [5.41, 5.74) is 7.06. The lowest BCUT2D eigenvalue weighted by molar-refractivity contribution is 0.242. The van der Waals surface area contributed by atoms with E-state index in [4.69, 9.17) is 5.73 Å². The Hall–Kier alpha value is -1.07. The van der Waals surface area contributed by atoms with E-state index in [0.29, 0.717) is 28.8 Å². The molecule has 3 N–H and O–H groups in total. The highest BCUT2D eigenvalue weighted by molar-refractivity contribution is 7.89. The summed E-state index contributed by atoms with van der Waals surface area (Å²) in [5.74, 6) is 1.22. The SMILES string of the molecule is CCc1ccc(N)cc1S(=O)(=O)NC1CCC(C)C(C)C1. The molecule has 3 atom stereocenters. The van der Waals surface area contributed by atoms with Crippen LogP contribution in [0.2, 0.25) is 0 Å².